The number of carbonyl (C=O) groups is 2. The Morgan fingerprint density at radius 1 is 1.23 bits per heavy atom. The Morgan fingerprint density at radius 2 is 2.10 bits per heavy atom. The van der Waals surface area contributed by atoms with Crippen LogP contribution in [0.4, 0.5) is 5.69 Å². The number of anilines is 1. The van der Waals surface area contributed by atoms with Gasteiger partial charge in [-0.1, -0.05) is 37.6 Å². The quantitative estimate of drug-likeness (QED) is 0.357. The summed E-state index contributed by atoms with van der Waals surface area (Å²) < 4.78 is 7.65. The smallest absolute Gasteiger partial charge is 0.308 e. The zero-order chi connectivity index (χ0) is 28.1. The van der Waals surface area contributed by atoms with E-state index in [1.54, 1.807) is 12.5 Å². The van der Waals surface area contributed by atoms with Gasteiger partial charge in [-0.05, 0) is 47.7 Å². The van der Waals surface area contributed by atoms with Crippen molar-refractivity contribution in [2.24, 2.45) is 11.7 Å². The predicted octanol–water partition coefficient (Wildman–Crippen LogP) is 3.67. The molecule has 0 bridgehead atoms. The molecule has 3 N–H and O–H groups in total. The van der Waals surface area contributed by atoms with Gasteiger partial charge in [-0.2, -0.15) is 0 Å². The normalized spacial score (nSPS) is 20.3. The van der Waals surface area contributed by atoms with Crippen LogP contribution in [0.15, 0.2) is 61.2 Å². The van der Waals surface area contributed by atoms with E-state index in [1.807, 2.05) is 52.1 Å². The summed E-state index contributed by atoms with van der Waals surface area (Å²) in [5.41, 5.74) is 9.81. The molecule has 3 aromatic rings. The number of nitrogens with zero attached hydrogens (tertiary/aromatic N) is 4. The van der Waals surface area contributed by atoms with Gasteiger partial charge in [0.1, 0.15) is 5.75 Å². The number of imidazole rings is 1. The molecule has 1 aromatic heterocycles. The van der Waals surface area contributed by atoms with Crippen LogP contribution in [0.2, 0.25) is 0 Å². The summed E-state index contributed by atoms with van der Waals surface area (Å²) in [5.74, 6) is -0.841. The van der Waals surface area contributed by atoms with Crippen molar-refractivity contribution in [2.75, 3.05) is 31.1 Å². The Balaban J connectivity index is 1.43. The van der Waals surface area contributed by atoms with E-state index in [-0.39, 0.29) is 24.4 Å². The zero-order valence-corrected chi connectivity index (χ0v) is 23.1. The summed E-state index contributed by atoms with van der Waals surface area (Å²) >= 11 is 0. The lowest BCUT2D eigenvalue weighted by molar-refractivity contribution is -0.143. The summed E-state index contributed by atoms with van der Waals surface area (Å²) in [6, 6.07) is 13.6. The van der Waals surface area contributed by atoms with Crippen LogP contribution in [0.1, 0.15) is 48.8 Å². The molecule has 3 atom stereocenters. The highest BCUT2D eigenvalue weighted by Crippen LogP contribution is 2.41. The number of carboxylic acid groups (broad SMARTS) is 1. The number of fused-ring (bicyclic) bond motifs is 1. The van der Waals surface area contributed by atoms with Crippen LogP contribution in [0, 0.1) is 5.92 Å². The zero-order valence-electron chi connectivity index (χ0n) is 23.1. The van der Waals surface area contributed by atoms with Gasteiger partial charge < -0.3 is 25.0 Å². The number of unbranched alkanes of at least 4 members (excludes halogenated alkanes) is 1. The number of aryl methyl sites for hydroxylation is 1. The summed E-state index contributed by atoms with van der Waals surface area (Å²) in [6.45, 7) is 5.05. The highest BCUT2D eigenvalue weighted by Gasteiger charge is 2.47. The molecule has 0 spiro atoms. The Kier molecular flexibility index (Phi) is 8.81. The molecule has 0 aliphatic carbocycles. The van der Waals surface area contributed by atoms with Crippen LogP contribution in [-0.2, 0) is 29.1 Å². The van der Waals surface area contributed by atoms with Crippen molar-refractivity contribution in [3.63, 3.8) is 0 Å². The average molecular weight is 546 g/mol. The van der Waals surface area contributed by atoms with E-state index in [9.17, 15) is 14.7 Å². The molecule has 2 aliphatic heterocycles. The lowest BCUT2D eigenvalue weighted by Gasteiger charge is -2.30. The lowest BCUT2D eigenvalue weighted by Crippen LogP contribution is -2.45. The van der Waals surface area contributed by atoms with Gasteiger partial charge >= 0.3 is 5.97 Å². The van der Waals surface area contributed by atoms with Crippen molar-refractivity contribution in [1.82, 2.24) is 14.5 Å². The molecule has 1 fully saturated rings. The van der Waals surface area contributed by atoms with Gasteiger partial charge in [-0.3, -0.25) is 14.5 Å². The van der Waals surface area contributed by atoms with Crippen molar-refractivity contribution in [3.05, 3.63) is 77.9 Å². The fraction of sp³-hybridized carbons (Fsp3) is 0.452. The van der Waals surface area contributed by atoms with Gasteiger partial charge in [-0.15, -0.1) is 0 Å². The van der Waals surface area contributed by atoms with E-state index >= 15 is 0 Å². The van der Waals surface area contributed by atoms with Gasteiger partial charge in [-0.25, -0.2) is 4.98 Å². The van der Waals surface area contributed by atoms with Crippen LogP contribution in [0.25, 0.3) is 0 Å². The molecular formula is C31H39N5O4. The Bertz CT molecular complexity index is 1310. The number of rotatable bonds is 12. The third-order valence-corrected chi connectivity index (χ3v) is 8.25. The number of aromatic nitrogens is 2. The Hall–Kier alpha value is -3.69. The summed E-state index contributed by atoms with van der Waals surface area (Å²) in [5, 5.41) is 10.5. The number of aliphatic carboxylic acids is 1. The minimum Gasteiger partial charge on any atom is -0.493 e. The lowest BCUT2D eigenvalue weighted by atomic mass is 9.83. The predicted molar refractivity (Wildman–Crippen MR) is 153 cm³/mol. The molecule has 1 saturated heterocycles. The number of amides is 1. The molecule has 9 nitrogen and oxygen atoms in total. The number of hydrogen-bond acceptors (Lipinski definition) is 6. The fourth-order valence-electron chi connectivity index (χ4n) is 6.15. The van der Waals surface area contributed by atoms with Gasteiger partial charge in [0.25, 0.3) is 0 Å². The van der Waals surface area contributed by atoms with Crippen LogP contribution in [-0.4, -0.2) is 63.7 Å². The highest BCUT2D eigenvalue weighted by atomic mass is 16.5. The minimum atomic E-state index is -0.828. The molecule has 2 aliphatic rings. The summed E-state index contributed by atoms with van der Waals surface area (Å²) in [7, 11) is 0. The monoisotopic (exact) mass is 545 g/mol. The Labute approximate surface area is 235 Å². The second kappa shape index (κ2) is 12.7. The molecule has 3 heterocycles. The van der Waals surface area contributed by atoms with E-state index < -0.39 is 11.9 Å². The summed E-state index contributed by atoms with van der Waals surface area (Å²) in [4.78, 5) is 34.8. The van der Waals surface area contributed by atoms with Gasteiger partial charge in [0.2, 0.25) is 5.91 Å². The van der Waals surface area contributed by atoms with Crippen LogP contribution in [0.3, 0.4) is 0 Å². The van der Waals surface area contributed by atoms with Crippen molar-refractivity contribution in [3.8, 4) is 5.75 Å². The number of carboxylic acids is 1. The van der Waals surface area contributed by atoms with E-state index in [0.717, 1.165) is 47.4 Å². The van der Waals surface area contributed by atoms with Gasteiger partial charge in [0.05, 0.1) is 25.4 Å². The molecule has 2 aromatic carbocycles. The fourth-order valence-corrected chi connectivity index (χ4v) is 6.15. The number of nitrogens with two attached hydrogens (primary N) is 1. The van der Waals surface area contributed by atoms with E-state index in [2.05, 4.69) is 22.9 Å². The van der Waals surface area contributed by atoms with E-state index in [4.69, 9.17) is 10.5 Å². The number of ether oxygens (including phenoxy) is 1. The molecule has 5 rings (SSSR count). The van der Waals surface area contributed by atoms with Gasteiger partial charge in [0.15, 0.2) is 0 Å². The first-order chi connectivity index (χ1) is 19.5. The summed E-state index contributed by atoms with van der Waals surface area (Å²) in [6.07, 6.45) is 8.62. The number of hydrogen-bond donors (Lipinski definition) is 2. The number of carbonyl (C=O) groups excluding carboxylic acids is 1. The third kappa shape index (κ3) is 6.05. The molecule has 0 radical (unpaired) electrons. The second-order valence-electron chi connectivity index (χ2n) is 10.8. The molecule has 1 amide bonds. The van der Waals surface area contributed by atoms with Gasteiger partial charge in [0, 0.05) is 62.6 Å². The standard InChI is InChI=1S/C31H39N5O4/c1-2-3-12-36(25-6-4-5-22(16-25)18-32)29(37)20-35-19-26(23-7-8-28-24(17-23)10-15-40-28)30(31(38)39)27(35)9-13-34-14-11-33-21-34/h4-8,11,14,16-17,21,26-27,30H,2-3,9-10,12-13,15,18-20,32H2,1H3,(H,38,39)/t26-,27+,30?/m1/s1. The first kappa shape index (κ1) is 27.9. The average Bonchev–Trinajstić information content (AvgIpc) is 3.72. The largest absolute Gasteiger partial charge is 0.493 e. The molecule has 9 heteroatoms. The maximum atomic E-state index is 13.9. The first-order valence-corrected chi connectivity index (χ1v) is 14.3. The second-order valence-corrected chi connectivity index (χ2v) is 10.8. The molecule has 0 saturated carbocycles. The maximum Gasteiger partial charge on any atom is 0.308 e. The molecule has 1 unspecified atom stereocenters. The first-order valence-electron chi connectivity index (χ1n) is 14.3. The van der Waals surface area contributed by atoms with Crippen molar-refractivity contribution in [1.29, 1.82) is 0 Å². The van der Waals surface area contributed by atoms with Crippen molar-refractivity contribution in [2.45, 2.75) is 57.7 Å². The van der Waals surface area contributed by atoms with Crippen molar-refractivity contribution < 1.29 is 19.4 Å². The number of benzene rings is 2. The van der Waals surface area contributed by atoms with E-state index in [1.165, 1.54) is 0 Å². The van der Waals surface area contributed by atoms with Crippen LogP contribution in [0.5, 0.6) is 5.75 Å². The van der Waals surface area contributed by atoms with Crippen molar-refractivity contribution >= 4 is 17.6 Å². The SMILES string of the molecule is CCCCN(C(=O)CN1C[C@H](c2ccc3c(c2)CCO3)C(C(=O)O)[C@@H]1CCn1ccnc1)c1cccc(CN)c1. The maximum absolute atomic E-state index is 13.9. The Morgan fingerprint density at radius 3 is 2.85 bits per heavy atom. The molecular weight excluding hydrogens is 506 g/mol. The minimum absolute atomic E-state index is 0.0256. The molecule has 40 heavy (non-hydrogen) atoms. The molecule has 212 valence electrons. The number of likely N-dealkylation sites (tertiary alicyclic amines) is 1. The van der Waals surface area contributed by atoms with Crippen LogP contribution < -0.4 is 15.4 Å². The van der Waals surface area contributed by atoms with Crippen LogP contribution >= 0.6 is 0 Å². The third-order valence-electron chi connectivity index (χ3n) is 8.25. The topological polar surface area (TPSA) is 114 Å². The van der Waals surface area contributed by atoms with E-state index in [0.29, 0.717) is 39.2 Å². The highest BCUT2D eigenvalue weighted by molar-refractivity contribution is 5.95.